The first-order valence-corrected chi connectivity index (χ1v) is 5.17. The van der Waals surface area contributed by atoms with Crippen molar-refractivity contribution in [1.29, 1.82) is 0 Å². The predicted molar refractivity (Wildman–Crippen MR) is 56.9 cm³/mol. The summed E-state index contributed by atoms with van der Waals surface area (Å²) in [5.41, 5.74) is 8.33. The lowest BCUT2D eigenvalue weighted by Gasteiger charge is -2.28. The number of aryl methyl sites for hydroxylation is 1. The molecular weight excluding hydrogens is 174 g/mol. The van der Waals surface area contributed by atoms with Gasteiger partial charge < -0.3 is 11.1 Å². The van der Waals surface area contributed by atoms with Gasteiger partial charge in [-0.25, -0.2) is 0 Å². The summed E-state index contributed by atoms with van der Waals surface area (Å²) < 4.78 is 0. The van der Waals surface area contributed by atoms with Crippen molar-refractivity contribution in [2.45, 2.75) is 31.8 Å². The van der Waals surface area contributed by atoms with E-state index in [1.165, 1.54) is 5.56 Å². The summed E-state index contributed by atoms with van der Waals surface area (Å²) in [6, 6.07) is 4.97. The molecule has 1 aromatic rings. The number of nitrogens with zero attached hydrogens (tertiary/aromatic N) is 1. The minimum Gasteiger partial charge on any atom is -0.328 e. The summed E-state index contributed by atoms with van der Waals surface area (Å²) in [6.45, 7) is 3.04. The zero-order valence-electron chi connectivity index (χ0n) is 8.53. The van der Waals surface area contributed by atoms with Gasteiger partial charge in [-0.05, 0) is 44.0 Å². The molecule has 1 aliphatic rings. The molecule has 2 unspecified atom stereocenters. The second-order valence-corrected chi connectivity index (χ2v) is 4.02. The lowest BCUT2D eigenvalue weighted by molar-refractivity contribution is 0.369. The third-order valence-corrected chi connectivity index (χ3v) is 2.77. The topological polar surface area (TPSA) is 50.9 Å². The number of piperidine rings is 1. The van der Waals surface area contributed by atoms with Crippen molar-refractivity contribution < 1.29 is 0 Å². The molecule has 2 heterocycles. The monoisotopic (exact) mass is 191 g/mol. The van der Waals surface area contributed by atoms with E-state index in [9.17, 15) is 0 Å². The van der Waals surface area contributed by atoms with Gasteiger partial charge in [0.2, 0.25) is 0 Å². The number of rotatable bonds is 1. The van der Waals surface area contributed by atoms with Crippen LogP contribution in [0.3, 0.4) is 0 Å². The van der Waals surface area contributed by atoms with Gasteiger partial charge in [-0.2, -0.15) is 0 Å². The maximum Gasteiger partial charge on any atom is 0.0375 e. The van der Waals surface area contributed by atoms with Crippen LogP contribution in [0.1, 0.15) is 30.1 Å². The van der Waals surface area contributed by atoms with E-state index in [4.69, 9.17) is 5.73 Å². The first-order chi connectivity index (χ1) is 6.75. The molecule has 1 aliphatic heterocycles. The Bertz CT molecular complexity index is 311. The molecule has 14 heavy (non-hydrogen) atoms. The molecule has 3 N–H and O–H groups in total. The van der Waals surface area contributed by atoms with Crippen LogP contribution in [0, 0.1) is 6.92 Å². The van der Waals surface area contributed by atoms with Crippen molar-refractivity contribution in [2.75, 3.05) is 6.54 Å². The Morgan fingerprint density at radius 1 is 1.57 bits per heavy atom. The fraction of sp³-hybridized carbons (Fsp3) is 0.545. The highest BCUT2D eigenvalue weighted by atomic mass is 14.9. The summed E-state index contributed by atoms with van der Waals surface area (Å²) in [4.78, 5) is 4.19. The Hall–Kier alpha value is -0.930. The molecule has 3 nitrogen and oxygen atoms in total. The smallest absolute Gasteiger partial charge is 0.0375 e. The normalized spacial score (nSPS) is 27.6. The molecule has 1 aromatic heterocycles. The van der Waals surface area contributed by atoms with E-state index < -0.39 is 0 Å². The second kappa shape index (κ2) is 4.07. The minimum absolute atomic E-state index is 0.342. The van der Waals surface area contributed by atoms with Crippen molar-refractivity contribution in [3.8, 4) is 0 Å². The quantitative estimate of drug-likeness (QED) is 0.700. The van der Waals surface area contributed by atoms with Crippen LogP contribution in [0.2, 0.25) is 0 Å². The fourth-order valence-corrected chi connectivity index (χ4v) is 1.99. The summed E-state index contributed by atoms with van der Waals surface area (Å²) in [6.07, 6.45) is 3.98. The van der Waals surface area contributed by atoms with E-state index >= 15 is 0 Å². The van der Waals surface area contributed by atoms with Gasteiger partial charge in [0.1, 0.15) is 0 Å². The van der Waals surface area contributed by atoms with E-state index in [-0.39, 0.29) is 0 Å². The second-order valence-electron chi connectivity index (χ2n) is 4.02. The van der Waals surface area contributed by atoms with E-state index in [1.54, 1.807) is 0 Å². The number of hydrogen-bond donors (Lipinski definition) is 2. The van der Waals surface area contributed by atoms with Crippen molar-refractivity contribution >= 4 is 0 Å². The highest BCUT2D eigenvalue weighted by Crippen LogP contribution is 2.22. The van der Waals surface area contributed by atoms with Gasteiger partial charge in [0.05, 0.1) is 0 Å². The molecule has 1 fully saturated rings. The third-order valence-electron chi connectivity index (χ3n) is 2.77. The number of pyridine rings is 1. The summed E-state index contributed by atoms with van der Waals surface area (Å²) in [7, 11) is 0. The van der Waals surface area contributed by atoms with Crippen molar-refractivity contribution in [3.63, 3.8) is 0 Å². The zero-order chi connectivity index (χ0) is 9.97. The minimum atomic E-state index is 0.342. The Labute approximate surface area is 84.7 Å². The summed E-state index contributed by atoms with van der Waals surface area (Å²) in [5, 5.41) is 3.49. The number of aromatic nitrogens is 1. The summed E-state index contributed by atoms with van der Waals surface area (Å²) in [5.74, 6) is 0. The lowest BCUT2D eigenvalue weighted by Crippen LogP contribution is -2.38. The Kier molecular flexibility index (Phi) is 2.79. The standard InChI is InChI=1S/C11H17N3/c1-8-6-9(2-4-13-8)11-7-10(12)3-5-14-11/h2,4,6,10-11,14H,3,5,7,12H2,1H3. The molecule has 0 radical (unpaired) electrons. The van der Waals surface area contributed by atoms with Gasteiger partial charge in [-0.3, -0.25) is 4.98 Å². The van der Waals surface area contributed by atoms with Gasteiger partial charge in [0, 0.05) is 24.0 Å². The molecule has 2 atom stereocenters. The molecule has 76 valence electrons. The van der Waals surface area contributed by atoms with E-state index in [1.807, 2.05) is 13.1 Å². The Morgan fingerprint density at radius 2 is 2.43 bits per heavy atom. The molecular formula is C11H17N3. The third kappa shape index (κ3) is 2.11. The molecule has 0 amide bonds. The molecule has 2 rings (SSSR count). The molecule has 0 aromatic carbocycles. The average molecular weight is 191 g/mol. The highest BCUT2D eigenvalue weighted by molar-refractivity contribution is 5.20. The molecule has 0 aliphatic carbocycles. The van der Waals surface area contributed by atoms with Gasteiger partial charge >= 0.3 is 0 Å². The lowest BCUT2D eigenvalue weighted by atomic mass is 9.95. The van der Waals surface area contributed by atoms with Gasteiger partial charge in [-0.1, -0.05) is 0 Å². The van der Waals surface area contributed by atoms with Crippen LogP contribution in [0.15, 0.2) is 18.3 Å². The van der Waals surface area contributed by atoms with Crippen LogP contribution >= 0.6 is 0 Å². The molecule has 3 heteroatoms. The highest BCUT2D eigenvalue weighted by Gasteiger charge is 2.19. The van der Waals surface area contributed by atoms with Crippen LogP contribution in [0.4, 0.5) is 0 Å². The SMILES string of the molecule is Cc1cc(C2CC(N)CCN2)ccn1. The van der Waals surface area contributed by atoms with Gasteiger partial charge in [0.15, 0.2) is 0 Å². The van der Waals surface area contributed by atoms with E-state index in [0.717, 1.165) is 25.1 Å². The molecule has 1 saturated heterocycles. The van der Waals surface area contributed by atoms with Gasteiger partial charge in [0.25, 0.3) is 0 Å². The molecule has 0 spiro atoms. The van der Waals surface area contributed by atoms with E-state index in [0.29, 0.717) is 12.1 Å². The first-order valence-electron chi connectivity index (χ1n) is 5.17. The summed E-state index contributed by atoms with van der Waals surface area (Å²) >= 11 is 0. The van der Waals surface area contributed by atoms with Gasteiger partial charge in [-0.15, -0.1) is 0 Å². The number of hydrogen-bond acceptors (Lipinski definition) is 3. The van der Waals surface area contributed by atoms with Crippen LogP contribution in [0.25, 0.3) is 0 Å². The van der Waals surface area contributed by atoms with Crippen LogP contribution < -0.4 is 11.1 Å². The van der Waals surface area contributed by atoms with Crippen molar-refractivity contribution in [3.05, 3.63) is 29.6 Å². The van der Waals surface area contributed by atoms with Crippen LogP contribution in [-0.2, 0) is 0 Å². The predicted octanol–water partition coefficient (Wildman–Crippen LogP) is 1.14. The fourth-order valence-electron chi connectivity index (χ4n) is 1.99. The number of nitrogens with two attached hydrogens (primary N) is 1. The Balaban J connectivity index is 2.14. The first kappa shape index (κ1) is 9.62. The molecule has 0 saturated carbocycles. The number of nitrogens with one attached hydrogen (secondary N) is 1. The molecule has 0 bridgehead atoms. The maximum absolute atomic E-state index is 5.94. The van der Waals surface area contributed by atoms with Crippen molar-refractivity contribution in [1.82, 2.24) is 10.3 Å². The van der Waals surface area contributed by atoms with Crippen LogP contribution in [0.5, 0.6) is 0 Å². The zero-order valence-corrected chi connectivity index (χ0v) is 8.53. The Morgan fingerprint density at radius 3 is 3.14 bits per heavy atom. The van der Waals surface area contributed by atoms with E-state index in [2.05, 4.69) is 22.4 Å². The maximum atomic E-state index is 5.94. The largest absolute Gasteiger partial charge is 0.328 e. The van der Waals surface area contributed by atoms with Crippen molar-refractivity contribution in [2.24, 2.45) is 5.73 Å². The van der Waals surface area contributed by atoms with Crippen LogP contribution in [-0.4, -0.2) is 17.6 Å². The average Bonchev–Trinajstić information content (AvgIpc) is 2.18.